The Morgan fingerprint density at radius 3 is 2.30 bits per heavy atom. The van der Waals surface area contributed by atoms with Gasteiger partial charge in [0.15, 0.2) is 0 Å². The first kappa shape index (κ1) is 30.7. The van der Waals surface area contributed by atoms with Gasteiger partial charge in [-0.2, -0.15) is 0 Å². The van der Waals surface area contributed by atoms with Gasteiger partial charge in [0.2, 0.25) is 0 Å². The normalized spacial score (nSPS) is 23.2. The van der Waals surface area contributed by atoms with Crippen molar-refractivity contribution in [2.24, 2.45) is 5.41 Å². The standard InChI is InChI=1S/C48H43NO/c1-47(2)44-32-41(26-23-38(44)33-48(47)29-11-4-12-30-48)49(40-27-28-46-43(31-40)42-17-9-10-18-45(42)50-46)39-24-21-37(22-25-39)36-16-8-7-15-35(19-20-36)34-13-5-3-6-14-34/h3-11,13-14,16-28,31-32,35H,12,15,29-30,33H2,1-2H3/b8-7-,20-19-,36-16+. The Morgan fingerprint density at radius 1 is 0.700 bits per heavy atom. The summed E-state index contributed by atoms with van der Waals surface area (Å²) in [5.41, 5.74) is 12.5. The number of fused-ring (bicyclic) bond motifs is 4. The first-order chi connectivity index (χ1) is 24.5. The van der Waals surface area contributed by atoms with Crippen LogP contribution in [0.15, 0.2) is 162 Å². The molecule has 0 saturated heterocycles. The van der Waals surface area contributed by atoms with Crippen LogP contribution in [0.2, 0.25) is 0 Å². The lowest BCUT2D eigenvalue weighted by molar-refractivity contribution is 0.150. The number of nitrogens with zero attached hydrogens (tertiary/aromatic N) is 1. The zero-order chi connectivity index (χ0) is 33.7. The lowest BCUT2D eigenvalue weighted by Gasteiger charge is -2.43. The summed E-state index contributed by atoms with van der Waals surface area (Å²) in [4.78, 5) is 2.43. The molecule has 9 rings (SSSR count). The summed E-state index contributed by atoms with van der Waals surface area (Å²) in [7, 11) is 0. The van der Waals surface area contributed by atoms with E-state index in [1.807, 2.05) is 6.07 Å². The summed E-state index contributed by atoms with van der Waals surface area (Å²) in [5.74, 6) is 0.368. The minimum Gasteiger partial charge on any atom is -0.456 e. The largest absolute Gasteiger partial charge is 0.456 e. The third kappa shape index (κ3) is 5.17. The number of rotatable bonds is 5. The molecule has 246 valence electrons. The molecule has 1 heterocycles. The third-order valence-corrected chi connectivity index (χ3v) is 12.0. The molecule has 0 aliphatic heterocycles. The Labute approximate surface area is 295 Å². The quantitative estimate of drug-likeness (QED) is 0.173. The molecule has 1 spiro atoms. The number of benzene rings is 5. The molecule has 6 aromatic rings. The van der Waals surface area contributed by atoms with Crippen LogP contribution in [-0.2, 0) is 11.8 Å². The minimum atomic E-state index is 0.0888. The molecule has 5 aromatic carbocycles. The molecule has 2 atom stereocenters. The Kier molecular flexibility index (Phi) is 7.50. The summed E-state index contributed by atoms with van der Waals surface area (Å²) >= 11 is 0. The molecule has 2 unspecified atom stereocenters. The highest BCUT2D eigenvalue weighted by Crippen LogP contribution is 2.58. The second kappa shape index (κ2) is 12.2. The van der Waals surface area contributed by atoms with E-state index in [9.17, 15) is 0 Å². The highest BCUT2D eigenvalue weighted by Gasteiger charge is 2.51. The molecule has 0 fully saturated rings. The molecule has 2 nitrogen and oxygen atoms in total. The van der Waals surface area contributed by atoms with Crippen molar-refractivity contribution in [2.75, 3.05) is 4.90 Å². The Balaban J connectivity index is 1.13. The number of furan rings is 1. The molecule has 2 heteroatoms. The average molecular weight is 650 g/mol. The van der Waals surface area contributed by atoms with Gasteiger partial charge in [0.1, 0.15) is 11.2 Å². The van der Waals surface area contributed by atoms with Crippen molar-refractivity contribution in [2.45, 2.75) is 57.3 Å². The van der Waals surface area contributed by atoms with Gasteiger partial charge in [-0.1, -0.05) is 123 Å². The smallest absolute Gasteiger partial charge is 0.135 e. The van der Waals surface area contributed by atoms with Crippen molar-refractivity contribution >= 4 is 44.6 Å². The van der Waals surface area contributed by atoms with E-state index < -0.39 is 0 Å². The van der Waals surface area contributed by atoms with Crippen molar-refractivity contribution in [1.29, 1.82) is 0 Å². The summed E-state index contributed by atoms with van der Waals surface area (Å²) < 4.78 is 6.25. The molecule has 0 bridgehead atoms. The van der Waals surface area contributed by atoms with Crippen LogP contribution < -0.4 is 4.90 Å². The lowest BCUT2D eigenvalue weighted by Crippen LogP contribution is -2.38. The van der Waals surface area contributed by atoms with E-state index in [2.05, 4.69) is 170 Å². The monoisotopic (exact) mass is 649 g/mol. The molecular formula is C48H43NO. The fourth-order valence-electron chi connectivity index (χ4n) is 8.92. The summed E-state index contributed by atoms with van der Waals surface area (Å²) in [6, 6.07) is 42.2. The van der Waals surface area contributed by atoms with Gasteiger partial charge in [-0.15, -0.1) is 0 Å². The van der Waals surface area contributed by atoms with E-state index in [4.69, 9.17) is 4.42 Å². The third-order valence-electron chi connectivity index (χ3n) is 12.0. The zero-order valence-corrected chi connectivity index (χ0v) is 29.0. The van der Waals surface area contributed by atoms with Gasteiger partial charge in [0.25, 0.3) is 0 Å². The Morgan fingerprint density at radius 2 is 1.46 bits per heavy atom. The van der Waals surface area contributed by atoms with Crippen LogP contribution in [0.3, 0.4) is 0 Å². The number of para-hydroxylation sites is 1. The van der Waals surface area contributed by atoms with E-state index in [0.29, 0.717) is 5.92 Å². The number of hydrogen-bond donors (Lipinski definition) is 0. The fraction of sp³-hybridized carbons (Fsp3) is 0.208. The lowest BCUT2D eigenvalue weighted by atomic mass is 9.60. The van der Waals surface area contributed by atoms with Crippen molar-refractivity contribution in [3.05, 3.63) is 180 Å². The molecule has 1 aromatic heterocycles. The van der Waals surface area contributed by atoms with Gasteiger partial charge in [0, 0.05) is 33.8 Å². The van der Waals surface area contributed by atoms with Gasteiger partial charge in [-0.25, -0.2) is 0 Å². The van der Waals surface area contributed by atoms with Crippen LogP contribution in [0.25, 0.3) is 27.5 Å². The highest BCUT2D eigenvalue weighted by molar-refractivity contribution is 6.06. The number of hydrogen-bond acceptors (Lipinski definition) is 2. The first-order valence-corrected chi connectivity index (χ1v) is 18.2. The molecule has 0 N–H and O–H groups in total. The maximum absolute atomic E-state index is 6.25. The summed E-state index contributed by atoms with van der Waals surface area (Å²) in [5, 5.41) is 2.28. The van der Waals surface area contributed by atoms with Gasteiger partial charge >= 0.3 is 0 Å². The van der Waals surface area contributed by atoms with Crippen molar-refractivity contribution < 1.29 is 4.42 Å². The highest BCUT2D eigenvalue weighted by atomic mass is 16.3. The molecule has 0 saturated carbocycles. The second-order valence-electron chi connectivity index (χ2n) is 15.0. The van der Waals surface area contributed by atoms with Gasteiger partial charge in [-0.05, 0) is 119 Å². The van der Waals surface area contributed by atoms with Crippen LogP contribution in [0.5, 0.6) is 0 Å². The molecule has 0 radical (unpaired) electrons. The molecular weight excluding hydrogens is 607 g/mol. The summed E-state index contributed by atoms with van der Waals surface area (Å²) in [6.45, 7) is 4.97. The number of allylic oxidation sites excluding steroid dienone is 8. The van der Waals surface area contributed by atoms with Gasteiger partial charge in [0.05, 0.1) is 0 Å². The predicted molar refractivity (Wildman–Crippen MR) is 211 cm³/mol. The minimum absolute atomic E-state index is 0.0888. The van der Waals surface area contributed by atoms with Crippen molar-refractivity contribution in [1.82, 2.24) is 0 Å². The van der Waals surface area contributed by atoms with E-state index in [0.717, 1.165) is 52.6 Å². The fourth-order valence-corrected chi connectivity index (χ4v) is 8.92. The summed E-state index contributed by atoms with van der Waals surface area (Å²) in [6.07, 6.45) is 21.9. The van der Waals surface area contributed by atoms with Crippen LogP contribution >= 0.6 is 0 Å². The predicted octanol–water partition coefficient (Wildman–Crippen LogP) is 13.3. The molecule has 0 amide bonds. The van der Waals surface area contributed by atoms with Crippen molar-refractivity contribution in [3.63, 3.8) is 0 Å². The maximum atomic E-state index is 6.25. The maximum Gasteiger partial charge on any atom is 0.135 e. The van der Waals surface area contributed by atoms with Crippen LogP contribution in [0.4, 0.5) is 17.1 Å². The first-order valence-electron chi connectivity index (χ1n) is 18.2. The second-order valence-corrected chi connectivity index (χ2v) is 15.0. The number of anilines is 3. The Hall–Kier alpha value is -5.34. The Bertz CT molecular complexity index is 2330. The van der Waals surface area contributed by atoms with Crippen LogP contribution in [0.1, 0.15) is 67.7 Å². The van der Waals surface area contributed by atoms with Crippen LogP contribution in [-0.4, -0.2) is 0 Å². The zero-order valence-electron chi connectivity index (χ0n) is 29.0. The van der Waals surface area contributed by atoms with E-state index in [1.165, 1.54) is 46.4 Å². The van der Waals surface area contributed by atoms with Crippen molar-refractivity contribution in [3.8, 4) is 0 Å². The topological polar surface area (TPSA) is 16.4 Å². The van der Waals surface area contributed by atoms with E-state index >= 15 is 0 Å². The van der Waals surface area contributed by atoms with E-state index in [1.54, 1.807) is 0 Å². The van der Waals surface area contributed by atoms with Crippen LogP contribution in [0, 0.1) is 5.41 Å². The molecule has 50 heavy (non-hydrogen) atoms. The molecule has 3 aliphatic carbocycles. The van der Waals surface area contributed by atoms with Gasteiger partial charge < -0.3 is 9.32 Å². The average Bonchev–Trinajstić information content (AvgIpc) is 3.61. The molecule has 3 aliphatic rings. The van der Waals surface area contributed by atoms with Gasteiger partial charge in [-0.3, -0.25) is 0 Å². The SMILES string of the molecule is CC1(C)c2cc(N(c3ccc(C4=C/C=C\CC(c5ccccc5)/C=C\4)cc3)c3ccc4oc5ccccc5c4c3)ccc2CC12CC=CCC2. The van der Waals surface area contributed by atoms with E-state index in [-0.39, 0.29) is 10.8 Å².